The second-order valence-electron chi connectivity index (χ2n) is 4.64. The molecule has 1 rings (SSSR count). The molecule has 0 aliphatic heterocycles. The van der Waals surface area contributed by atoms with Gasteiger partial charge in [0.15, 0.2) is 0 Å². The highest BCUT2D eigenvalue weighted by atomic mass is 35.5. The van der Waals surface area contributed by atoms with Crippen LogP contribution in [-0.2, 0) is 0 Å². The van der Waals surface area contributed by atoms with E-state index in [4.69, 9.17) is 11.6 Å². The lowest BCUT2D eigenvalue weighted by Crippen LogP contribution is -2.16. The highest BCUT2D eigenvalue weighted by molar-refractivity contribution is 6.33. The van der Waals surface area contributed by atoms with E-state index in [0.717, 1.165) is 12.1 Å². The van der Waals surface area contributed by atoms with Crippen LogP contribution < -0.4 is 5.32 Å². The van der Waals surface area contributed by atoms with Crippen LogP contribution in [-0.4, -0.2) is 6.04 Å². The lowest BCUT2D eigenvalue weighted by atomic mass is 10.0. The number of hydrogen-bond donors (Lipinski definition) is 1. The van der Waals surface area contributed by atoms with Gasteiger partial charge in [0.05, 0.1) is 10.7 Å². The quantitative estimate of drug-likeness (QED) is 0.789. The van der Waals surface area contributed by atoms with E-state index < -0.39 is 0 Å². The van der Waals surface area contributed by atoms with E-state index in [1.807, 2.05) is 0 Å². The predicted molar refractivity (Wildman–Crippen MR) is 68.6 cm³/mol. The van der Waals surface area contributed by atoms with Crippen molar-refractivity contribution in [2.75, 3.05) is 5.32 Å². The van der Waals surface area contributed by atoms with Gasteiger partial charge in [-0.05, 0) is 43.9 Å². The van der Waals surface area contributed by atoms with Crippen molar-refractivity contribution in [1.82, 2.24) is 0 Å². The summed E-state index contributed by atoms with van der Waals surface area (Å²) in [5, 5.41) is 3.74. The summed E-state index contributed by atoms with van der Waals surface area (Å²) in [6.45, 7) is 6.53. The van der Waals surface area contributed by atoms with Crippen LogP contribution in [0.25, 0.3) is 0 Å². The number of benzene rings is 1. The molecule has 0 saturated heterocycles. The van der Waals surface area contributed by atoms with E-state index in [1.54, 1.807) is 6.07 Å². The molecule has 1 unspecified atom stereocenters. The Hall–Kier alpha value is -0.760. The predicted octanol–water partition coefficient (Wildman–Crippen LogP) is 4.72. The second-order valence-corrected chi connectivity index (χ2v) is 5.05. The van der Waals surface area contributed by atoms with Crippen LogP contribution in [0.1, 0.15) is 33.6 Å². The summed E-state index contributed by atoms with van der Waals surface area (Å²) in [6.07, 6.45) is 2.26. The molecule has 1 aromatic rings. The van der Waals surface area contributed by atoms with Crippen LogP contribution in [0.5, 0.6) is 0 Å². The monoisotopic (exact) mass is 243 g/mol. The first-order valence-corrected chi connectivity index (χ1v) is 6.08. The first-order chi connectivity index (χ1) is 7.49. The highest BCUT2D eigenvalue weighted by Crippen LogP contribution is 2.24. The van der Waals surface area contributed by atoms with Crippen LogP contribution in [0.15, 0.2) is 18.2 Å². The van der Waals surface area contributed by atoms with Gasteiger partial charge in [0.1, 0.15) is 5.82 Å². The molecule has 0 fully saturated rings. The molecule has 0 saturated carbocycles. The van der Waals surface area contributed by atoms with Gasteiger partial charge in [-0.2, -0.15) is 0 Å². The molecule has 1 N–H and O–H groups in total. The molecule has 0 aliphatic rings. The Morgan fingerprint density at radius 2 is 1.94 bits per heavy atom. The Balaban J connectivity index is 2.52. The van der Waals surface area contributed by atoms with Gasteiger partial charge in [-0.1, -0.05) is 25.4 Å². The normalized spacial score (nSPS) is 12.9. The lowest BCUT2D eigenvalue weighted by molar-refractivity contribution is 0.527. The van der Waals surface area contributed by atoms with Crippen molar-refractivity contribution in [3.63, 3.8) is 0 Å². The van der Waals surface area contributed by atoms with E-state index in [-0.39, 0.29) is 5.82 Å². The summed E-state index contributed by atoms with van der Waals surface area (Å²) in [5.74, 6) is 0.401. The molecule has 0 aromatic heterocycles. The fourth-order valence-electron chi connectivity index (χ4n) is 1.53. The van der Waals surface area contributed by atoms with Gasteiger partial charge >= 0.3 is 0 Å². The van der Waals surface area contributed by atoms with E-state index in [9.17, 15) is 4.39 Å². The molecule has 0 aliphatic carbocycles. The lowest BCUT2D eigenvalue weighted by Gasteiger charge is -2.17. The number of anilines is 1. The SMILES string of the molecule is CC(C)CCC(C)Nc1ccc(F)cc1Cl. The van der Waals surface area contributed by atoms with Crippen molar-refractivity contribution in [3.05, 3.63) is 29.0 Å². The minimum Gasteiger partial charge on any atom is -0.381 e. The fourth-order valence-corrected chi connectivity index (χ4v) is 1.75. The van der Waals surface area contributed by atoms with Crippen molar-refractivity contribution in [1.29, 1.82) is 0 Å². The van der Waals surface area contributed by atoms with E-state index in [2.05, 4.69) is 26.1 Å². The van der Waals surface area contributed by atoms with Crippen LogP contribution >= 0.6 is 11.6 Å². The van der Waals surface area contributed by atoms with Gasteiger partial charge in [0, 0.05) is 6.04 Å². The zero-order valence-corrected chi connectivity index (χ0v) is 10.8. The molecule has 1 nitrogen and oxygen atoms in total. The average molecular weight is 244 g/mol. The maximum Gasteiger partial charge on any atom is 0.124 e. The minimum absolute atomic E-state index is 0.301. The zero-order valence-electron chi connectivity index (χ0n) is 10.1. The van der Waals surface area contributed by atoms with Crippen molar-refractivity contribution in [2.45, 2.75) is 39.7 Å². The maximum atomic E-state index is 12.8. The Labute approximate surface area is 102 Å². The fraction of sp³-hybridized carbons (Fsp3) is 0.538. The van der Waals surface area contributed by atoms with Gasteiger partial charge in [0.25, 0.3) is 0 Å². The van der Waals surface area contributed by atoms with Gasteiger partial charge in [-0.15, -0.1) is 0 Å². The molecule has 90 valence electrons. The van der Waals surface area contributed by atoms with Crippen LogP contribution in [0.3, 0.4) is 0 Å². The van der Waals surface area contributed by atoms with Crippen molar-refractivity contribution >= 4 is 17.3 Å². The molecule has 0 amide bonds. The van der Waals surface area contributed by atoms with Crippen LogP contribution in [0, 0.1) is 11.7 Å². The number of rotatable bonds is 5. The zero-order chi connectivity index (χ0) is 12.1. The maximum absolute atomic E-state index is 12.8. The van der Waals surface area contributed by atoms with E-state index in [0.29, 0.717) is 17.0 Å². The summed E-state index contributed by atoms with van der Waals surface area (Å²) in [4.78, 5) is 0. The molecule has 0 spiro atoms. The first-order valence-electron chi connectivity index (χ1n) is 5.70. The summed E-state index contributed by atoms with van der Waals surface area (Å²) < 4.78 is 12.8. The summed E-state index contributed by atoms with van der Waals surface area (Å²) in [7, 11) is 0. The summed E-state index contributed by atoms with van der Waals surface area (Å²) in [6, 6.07) is 4.79. The van der Waals surface area contributed by atoms with Crippen molar-refractivity contribution in [3.8, 4) is 0 Å². The Bertz CT molecular complexity index is 339. The van der Waals surface area contributed by atoms with Gasteiger partial charge < -0.3 is 5.32 Å². The third-order valence-corrected chi connectivity index (χ3v) is 2.82. The number of halogens is 2. The Kier molecular flexibility index (Phi) is 5.07. The van der Waals surface area contributed by atoms with Crippen LogP contribution in [0.2, 0.25) is 5.02 Å². The second kappa shape index (κ2) is 6.09. The molecule has 0 bridgehead atoms. The topological polar surface area (TPSA) is 12.0 Å². The summed E-state index contributed by atoms with van der Waals surface area (Å²) >= 11 is 5.93. The Morgan fingerprint density at radius 3 is 2.50 bits per heavy atom. The smallest absolute Gasteiger partial charge is 0.124 e. The van der Waals surface area contributed by atoms with Crippen molar-refractivity contribution in [2.24, 2.45) is 5.92 Å². The van der Waals surface area contributed by atoms with Gasteiger partial charge in [-0.3, -0.25) is 0 Å². The molecule has 3 heteroatoms. The molecular weight excluding hydrogens is 225 g/mol. The third-order valence-electron chi connectivity index (χ3n) is 2.51. The highest BCUT2D eigenvalue weighted by Gasteiger charge is 2.07. The van der Waals surface area contributed by atoms with Crippen molar-refractivity contribution < 1.29 is 4.39 Å². The Morgan fingerprint density at radius 1 is 1.25 bits per heavy atom. The standard InChI is InChI=1S/C13H19ClFN/c1-9(2)4-5-10(3)16-13-7-6-11(15)8-12(13)14/h6-10,16H,4-5H2,1-3H3. The van der Waals surface area contributed by atoms with Gasteiger partial charge in [-0.25, -0.2) is 4.39 Å². The number of nitrogens with one attached hydrogen (secondary N) is 1. The molecule has 1 aromatic carbocycles. The largest absolute Gasteiger partial charge is 0.381 e. The van der Waals surface area contributed by atoms with E-state index >= 15 is 0 Å². The first kappa shape index (κ1) is 13.3. The summed E-state index contributed by atoms with van der Waals surface area (Å²) in [5.41, 5.74) is 0.805. The number of hydrogen-bond acceptors (Lipinski definition) is 1. The molecule has 0 radical (unpaired) electrons. The minimum atomic E-state index is -0.301. The van der Waals surface area contributed by atoms with Gasteiger partial charge in [0.2, 0.25) is 0 Å². The molecular formula is C13H19ClFN. The average Bonchev–Trinajstić information content (AvgIpc) is 2.19. The van der Waals surface area contributed by atoms with E-state index in [1.165, 1.54) is 18.6 Å². The molecule has 1 atom stereocenters. The molecule has 0 heterocycles. The van der Waals surface area contributed by atoms with Crippen LogP contribution in [0.4, 0.5) is 10.1 Å². The molecule has 16 heavy (non-hydrogen) atoms. The third kappa shape index (κ3) is 4.40.